The summed E-state index contributed by atoms with van der Waals surface area (Å²) >= 11 is 0. The zero-order chi connectivity index (χ0) is 17.3. The summed E-state index contributed by atoms with van der Waals surface area (Å²) in [5.41, 5.74) is 2.16. The molecule has 0 bridgehead atoms. The minimum atomic E-state index is -1.19. The smallest absolute Gasteiger partial charge is 0.371 e. The number of carbonyl (C=O) groups is 2. The van der Waals surface area contributed by atoms with Crippen LogP contribution in [0.15, 0.2) is 40.8 Å². The van der Waals surface area contributed by atoms with Crippen LogP contribution in [0.4, 0.5) is 0 Å². The lowest BCUT2D eigenvalue weighted by Crippen LogP contribution is -2.48. The quantitative estimate of drug-likeness (QED) is 0.936. The lowest BCUT2D eigenvalue weighted by molar-refractivity contribution is -0.0497. The van der Waals surface area contributed by atoms with Gasteiger partial charge in [0.05, 0.1) is 19.2 Å². The van der Waals surface area contributed by atoms with Gasteiger partial charge in [0.1, 0.15) is 6.10 Å². The Morgan fingerprint density at radius 3 is 2.54 bits per heavy atom. The van der Waals surface area contributed by atoms with Crippen molar-refractivity contribution in [3.05, 3.63) is 59.0 Å². The van der Waals surface area contributed by atoms with Crippen LogP contribution in [0.3, 0.4) is 0 Å². The summed E-state index contributed by atoms with van der Waals surface area (Å²) in [6, 6.07) is 10.5. The number of carboxylic acid groups (broad SMARTS) is 1. The fraction of sp³-hybridized carbons (Fsp3) is 0.333. The van der Waals surface area contributed by atoms with Crippen molar-refractivity contribution in [2.24, 2.45) is 0 Å². The lowest BCUT2D eigenvalue weighted by atomic mass is 10.0. The number of ether oxygens (including phenoxy) is 1. The standard InChI is InChI=1S/C18H19NO5/c1-11-5-3-4-6-13(11)16-9-19(12(2)10-23-16)17(20)14-7-8-15(24-14)18(21)22/h3-8,12,16H,9-10H2,1-2H3,(H,21,22)/t12-,16+/m1/s1. The maximum Gasteiger partial charge on any atom is 0.371 e. The highest BCUT2D eigenvalue weighted by molar-refractivity contribution is 5.93. The Morgan fingerprint density at radius 1 is 1.17 bits per heavy atom. The average molecular weight is 329 g/mol. The highest BCUT2D eigenvalue weighted by atomic mass is 16.5. The number of carboxylic acids is 1. The van der Waals surface area contributed by atoms with Crippen molar-refractivity contribution < 1.29 is 23.8 Å². The number of hydrogen-bond donors (Lipinski definition) is 1. The van der Waals surface area contributed by atoms with E-state index in [4.69, 9.17) is 14.3 Å². The number of benzene rings is 1. The summed E-state index contributed by atoms with van der Waals surface area (Å²) in [5.74, 6) is -1.72. The van der Waals surface area contributed by atoms with Crippen molar-refractivity contribution in [1.29, 1.82) is 0 Å². The van der Waals surface area contributed by atoms with Gasteiger partial charge in [-0.25, -0.2) is 4.79 Å². The van der Waals surface area contributed by atoms with E-state index in [2.05, 4.69) is 0 Å². The Bertz CT molecular complexity index is 766. The molecule has 0 aliphatic carbocycles. The molecule has 2 aromatic rings. The van der Waals surface area contributed by atoms with Gasteiger partial charge in [-0.15, -0.1) is 0 Å². The van der Waals surface area contributed by atoms with E-state index in [1.165, 1.54) is 12.1 Å². The van der Waals surface area contributed by atoms with Crippen LogP contribution in [0.25, 0.3) is 0 Å². The number of aryl methyl sites for hydroxylation is 1. The number of nitrogens with zero attached hydrogens (tertiary/aromatic N) is 1. The first-order valence-electron chi connectivity index (χ1n) is 7.78. The second-order valence-corrected chi connectivity index (χ2v) is 5.95. The van der Waals surface area contributed by atoms with E-state index < -0.39 is 5.97 Å². The van der Waals surface area contributed by atoms with Gasteiger partial charge in [0.15, 0.2) is 5.76 Å². The zero-order valence-electron chi connectivity index (χ0n) is 13.6. The minimum absolute atomic E-state index is 0.0321. The monoisotopic (exact) mass is 329 g/mol. The van der Waals surface area contributed by atoms with Crippen LogP contribution in [-0.4, -0.2) is 41.1 Å². The Kier molecular flexibility index (Phi) is 4.40. The summed E-state index contributed by atoms with van der Waals surface area (Å²) in [7, 11) is 0. The van der Waals surface area contributed by atoms with Crippen molar-refractivity contribution in [1.82, 2.24) is 4.90 Å². The summed E-state index contributed by atoms with van der Waals surface area (Å²) in [5, 5.41) is 8.92. The van der Waals surface area contributed by atoms with Crippen molar-refractivity contribution in [3.63, 3.8) is 0 Å². The maximum absolute atomic E-state index is 12.7. The molecule has 126 valence electrons. The van der Waals surface area contributed by atoms with Gasteiger partial charge in [0.2, 0.25) is 5.76 Å². The van der Waals surface area contributed by atoms with Crippen LogP contribution >= 0.6 is 0 Å². The van der Waals surface area contributed by atoms with Gasteiger partial charge >= 0.3 is 5.97 Å². The van der Waals surface area contributed by atoms with E-state index in [1.807, 2.05) is 38.1 Å². The summed E-state index contributed by atoms with van der Waals surface area (Å²) < 4.78 is 11.0. The van der Waals surface area contributed by atoms with E-state index in [9.17, 15) is 9.59 Å². The van der Waals surface area contributed by atoms with E-state index in [-0.39, 0.29) is 29.6 Å². The molecule has 2 atom stereocenters. The van der Waals surface area contributed by atoms with Crippen LogP contribution in [-0.2, 0) is 4.74 Å². The van der Waals surface area contributed by atoms with Crippen LogP contribution in [0.1, 0.15) is 45.3 Å². The minimum Gasteiger partial charge on any atom is -0.475 e. The molecule has 1 aromatic heterocycles. The Morgan fingerprint density at radius 2 is 1.88 bits per heavy atom. The highest BCUT2D eigenvalue weighted by Gasteiger charge is 2.33. The first-order chi connectivity index (χ1) is 11.5. The molecule has 1 fully saturated rings. The Labute approximate surface area is 139 Å². The number of furan rings is 1. The van der Waals surface area contributed by atoms with E-state index in [1.54, 1.807) is 4.90 Å². The molecule has 1 N–H and O–H groups in total. The number of aromatic carboxylic acids is 1. The molecular formula is C18H19NO5. The van der Waals surface area contributed by atoms with E-state index in [0.717, 1.165) is 11.1 Å². The van der Waals surface area contributed by atoms with Crippen molar-refractivity contribution in [3.8, 4) is 0 Å². The molecule has 6 heteroatoms. The molecule has 1 aliphatic heterocycles. The molecule has 2 heterocycles. The SMILES string of the molecule is Cc1ccccc1[C@@H]1CN(C(=O)c2ccc(C(=O)O)o2)[C@H](C)CO1. The summed E-state index contributed by atoms with van der Waals surface area (Å²) in [6.07, 6.45) is -0.208. The zero-order valence-corrected chi connectivity index (χ0v) is 13.6. The molecule has 1 saturated heterocycles. The maximum atomic E-state index is 12.7. The number of hydrogen-bond acceptors (Lipinski definition) is 4. The summed E-state index contributed by atoms with van der Waals surface area (Å²) in [4.78, 5) is 25.3. The van der Waals surface area contributed by atoms with Crippen LogP contribution in [0.2, 0.25) is 0 Å². The molecule has 0 radical (unpaired) electrons. The molecule has 1 aromatic carbocycles. The second-order valence-electron chi connectivity index (χ2n) is 5.95. The molecule has 6 nitrogen and oxygen atoms in total. The van der Waals surface area contributed by atoms with E-state index >= 15 is 0 Å². The molecule has 0 spiro atoms. The van der Waals surface area contributed by atoms with Gasteiger partial charge in [0, 0.05) is 0 Å². The number of carbonyl (C=O) groups excluding carboxylic acids is 1. The van der Waals surface area contributed by atoms with Gasteiger partial charge < -0.3 is 19.2 Å². The average Bonchev–Trinajstić information content (AvgIpc) is 3.06. The van der Waals surface area contributed by atoms with Gasteiger partial charge in [-0.3, -0.25) is 4.79 Å². The van der Waals surface area contributed by atoms with Gasteiger partial charge in [0.25, 0.3) is 5.91 Å². The molecular weight excluding hydrogens is 310 g/mol. The molecule has 0 unspecified atom stereocenters. The molecule has 24 heavy (non-hydrogen) atoms. The van der Waals surface area contributed by atoms with Gasteiger partial charge in [-0.2, -0.15) is 0 Å². The largest absolute Gasteiger partial charge is 0.475 e. The first-order valence-corrected chi connectivity index (χ1v) is 7.78. The van der Waals surface area contributed by atoms with Crippen LogP contribution < -0.4 is 0 Å². The van der Waals surface area contributed by atoms with Gasteiger partial charge in [-0.1, -0.05) is 24.3 Å². The Balaban J connectivity index is 1.82. The topological polar surface area (TPSA) is 80.0 Å². The van der Waals surface area contributed by atoms with Crippen molar-refractivity contribution >= 4 is 11.9 Å². The second kappa shape index (κ2) is 6.49. The molecule has 1 amide bonds. The fourth-order valence-electron chi connectivity index (χ4n) is 2.89. The fourth-order valence-corrected chi connectivity index (χ4v) is 2.89. The van der Waals surface area contributed by atoms with Crippen LogP contribution in [0.5, 0.6) is 0 Å². The van der Waals surface area contributed by atoms with Crippen molar-refractivity contribution in [2.75, 3.05) is 13.2 Å². The first kappa shape index (κ1) is 16.3. The third kappa shape index (κ3) is 3.05. The summed E-state index contributed by atoms with van der Waals surface area (Å²) in [6.45, 7) is 4.72. The Hall–Kier alpha value is -2.60. The number of morpholine rings is 1. The lowest BCUT2D eigenvalue weighted by Gasteiger charge is -2.38. The predicted molar refractivity (Wildman–Crippen MR) is 86.0 cm³/mol. The number of amides is 1. The molecule has 1 aliphatic rings. The highest BCUT2D eigenvalue weighted by Crippen LogP contribution is 2.28. The van der Waals surface area contributed by atoms with Gasteiger partial charge in [-0.05, 0) is 37.1 Å². The molecule has 3 rings (SSSR count). The third-order valence-electron chi connectivity index (χ3n) is 4.26. The van der Waals surface area contributed by atoms with E-state index in [0.29, 0.717) is 13.2 Å². The molecule has 0 saturated carbocycles. The number of rotatable bonds is 3. The predicted octanol–water partition coefficient (Wildman–Crippen LogP) is 2.89. The normalized spacial score (nSPS) is 20.8. The van der Waals surface area contributed by atoms with Crippen LogP contribution in [0, 0.1) is 6.92 Å². The van der Waals surface area contributed by atoms with Crippen molar-refractivity contribution in [2.45, 2.75) is 26.0 Å². The third-order valence-corrected chi connectivity index (χ3v) is 4.26.